The molecule has 1 aromatic heterocycles. The lowest BCUT2D eigenvalue weighted by atomic mass is 10.0. The predicted octanol–water partition coefficient (Wildman–Crippen LogP) is 2.80. The van der Waals surface area contributed by atoms with Crippen LogP contribution in [-0.2, 0) is 11.2 Å². The lowest BCUT2D eigenvalue weighted by molar-refractivity contribution is -0.118. The van der Waals surface area contributed by atoms with Crippen molar-refractivity contribution in [1.29, 1.82) is 5.26 Å². The van der Waals surface area contributed by atoms with Gasteiger partial charge < -0.3 is 10.1 Å². The molecule has 112 valence electrons. The van der Waals surface area contributed by atoms with Crippen molar-refractivity contribution in [3.8, 4) is 11.8 Å². The average Bonchev–Trinajstić information content (AvgIpc) is 2.55. The highest BCUT2D eigenvalue weighted by Gasteiger charge is 2.19. The van der Waals surface area contributed by atoms with Crippen LogP contribution in [0, 0.1) is 17.2 Å². The summed E-state index contributed by atoms with van der Waals surface area (Å²) in [7, 11) is 0. The summed E-state index contributed by atoms with van der Waals surface area (Å²) in [4.78, 5) is 16.2. The highest BCUT2D eigenvalue weighted by atomic mass is 16.5. The Morgan fingerprint density at radius 1 is 1.32 bits per heavy atom. The van der Waals surface area contributed by atoms with Crippen molar-refractivity contribution < 1.29 is 9.53 Å². The van der Waals surface area contributed by atoms with Crippen molar-refractivity contribution in [3.05, 3.63) is 54.4 Å². The molecule has 0 spiro atoms. The summed E-state index contributed by atoms with van der Waals surface area (Å²) in [5, 5.41) is 12.0. The van der Waals surface area contributed by atoms with Crippen LogP contribution in [0.2, 0.25) is 0 Å². The fraction of sp³-hybridized carbons (Fsp3) is 0.235. The number of hydrogen-bond acceptors (Lipinski definition) is 4. The normalized spacial score (nSPS) is 11.3. The number of nitriles is 1. The minimum Gasteiger partial charge on any atom is -0.492 e. The van der Waals surface area contributed by atoms with E-state index < -0.39 is 5.92 Å². The number of anilines is 1. The summed E-state index contributed by atoms with van der Waals surface area (Å²) in [5.74, 6) is -0.512. The van der Waals surface area contributed by atoms with Crippen LogP contribution in [-0.4, -0.2) is 17.5 Å². The predicted molar refractivity (Wildman–Crippen MR) is 83.3 cm³/mol. The maximum Gasteiger partial charge on any atom is 0.242 e. The van der Waals surface area contributed by atoms with Crippen LogP contribution >= 0.6 is 0 Å². The Labute approximate surface area is 129 Å². The summed E-state index contributed by atoms with van der Waals surface area (Å²) in [5.41, 5.74) is 1.47. The maximum atomic E-state index is 12.3. The van der Waals surface area contributed by atoms with Crippen LogP contribution in [0.5, 0.6) is 5.75 Å². The van der Waals surface area contributed by atoms with E-state index in [1.54, 1.807) is 36.7 Å². The number of hydrogen-bond donors (Lipinski definition) is 1. The molecule has 22 heavy (non-hydrogen) atoms. The lowest BCUT2D eigenvalue weighted by Crippen LogP contribution is -2.23. The molecule has 2 aromatic rings. The topological polar surface area (TPSA) is 75.0 Å². The van der Waals surface area contributed by atoms with Crippen LogP contribution in [0.3, 0.4) is 0 Å². The Morgan fingerprint density at radius 2 is 2.05 bits per heavy atom. The molecule has 0 bridgehead atoms. The number of amides is 1. The number of benzene rings is 1. The van der Waals surface area contributed by atoms with E-state index in [1.165, 1.54) is 0 Å². The molecule has 0 radical (unpaired) electrons. The number of para-hydroxylation sites is 2. The van der Waals surface area contributed by atoms with Gasteiger partial charge in [-0.05, 0) is 43.2 Å². The minimum absolute atomic E-state index is 0.341. The number of carbonyl (C=O) groups is 1. The number of pyridine rings is 1. The Kier molecular flexibility index (Phi) is 5.50. The van der Waals surface area contributed by atoms with Crippen molar-refractivity contribution in [1.82, 2.24) is 4.98 Å². The zero-order valence-corrected chi connectivity index (χ0v) is 12.3. The molecule has 1 amide bonds. The fourth-order valence-corrected chi connectivity index (χ4v) is 2.02. The van der Waals surface area contributed by atoms with Gasteiger partial charge in [-0.1, -0.05) is 12.1 Å². The Morgan fingerprint density at radius 3 is 2.73 bits per heavy atom. The van der Waals surface area contributed by atoms with Gasteiger partial charge in [0.05, 0.1) is 18.4 Å². The van der Waals surface area contributed by atoms with Crippen molar-refractivity contribution in [3.63, 3.8) is 0 Å². The second kappa shape index (κ2) is 7.79. The number of nitrogens with one attached hydrogen (secondary N) is 1. The van der Waals surface area contributed by atoms with E-state index in [1.807, 2.05) is 25.1 Å². The van der Waals surface area contributed by atoms with Crippen LogP contribution < -0.4 is 10.1 Å². The minimum atomic E-state index is -0.767. The second-order valence-corrected chi connectivity index (χ2v) is 4.66. The third kappa shape index (κ3) is 4.06. The number of carbonyl (C=O) groups excluding carboxylic acids is 1. The zero-order valence-electron chi connectivity index (χ0n) is 12.3. The van der Waals surface area contributed by atoms with Crippen LogP contribution in [0.4, 0.5) is 5.69 Å². The van der Waals surface area contributed by atoms with Gasteiger partial charge in [0.25, 0.3) is 0 Å². The van der Waals surface area contributed by atoms with E-state index in [-0.39, 0.29) is 5.91 Å². The molecule has 1 atom stereocenters. The summed E-state index contributed by atoms with van der Waals surface area (Å²) in [6, 6.07) is 12.8. The molecule has 0 aliphatic heterocycles. The first kappa shape index (κ1) is 15.5. The Hall–Kier alpha value is -2.87. The summed E-state index contributed by atoms with van der Waals surface area (Å²) >= 11 is 0. The Bertz CT molecular complexity index is 665. The standard InChI is InChI=1S/C17H17N3O2/c1-2-22-16-6-4-3-5-15(16)20-17(21)14(12-18)11-13-7-9-19-10-8-13/h3-10,14H,2,11H2,1H3,(H,20,21)/t14-/m1/s1. The molecule has 0 aliphatic rings. The molecule has 1 aromatic carbocycles. The van der Waals surface area contributed by atoms with Crippen molar-refractivity contribution >= 4 is 11.6 Å². The van der Waals surface area contributed by atoms with E-state index in [9.17, 15) is 10.1 Å². The average molecular weight is 295 g/mol. The fourth-order valence-electron chi connectivity index (χ4n) is 2.02. The van der Waals surface area contributed by atoms with Crippen LogP contribution in [0.1, 0.15) is 12.5 Å². The molecule has 5 heteroatoms. The quantitative estimate of drug-likeness (QED) is 0.889. The summed E-state index contributed by atoms with van der Waals surface area (Å²) < 4.78 is 5.46. The molecule has 0 fully saturated rings. The van der Waals surface area contributed by atoms with Crippen molar-refractivity contribution in [2.45, 2.75) is 13.3 Å². The van der Waals surface area contributed by atoms with Gasteiger partial charge in [0.2, 0.25) is 5.91 Å². The summed E-state index contributed by atoms with van der Waals surface area (Å²) in [6.45, 7) is 2.38. The van der Waals surface area contributed by atoms with E-state index in [2.05, 4.69) is 10.3 Å². The van der Waals surface area contributed by atoms with Gasteiger partial charge >= 0.3 is 0 Å². The molecule has 0 saturated heterocycles. The van der Waals surface area contributed by atoms with Gasteiger partial charge in [-0.2, -0.15) is 5.26 Å². The first-order valence-electron chi connectivity index (χ1n) is 7.05. The van der Waals surface area contributed by atoms with Gasteiger partial charge in [-0.15, -0.1) is 0 Å². The van der Waals surface area contributed by atoms with Gasteiger partial charge in [0.1, 0.15) is 11.7 Å². The van der Waals surface area contributed by atoms with Crippen LogP contribution in [0.15, 0.2) is 48.8 Å². The number of aromatic nitrogens is 1. The third-order valence-corrected chi connectivity index (χ3v) is 3.11. The third-order valence-electron chi connectivity index (χ3n) is 3.11. The van der Waals surface area contributed by atoms with E-state index in [4.69, 9.17) is 4.74 Å². The molecule has 0 aliphatic carbocycles. The molecular weight excluding hydrogens is 278 g/mol. The van der Waals surface area contributed by atoms with Crippen molar-refractivity contribution in [2.75, 3.05) is 11.9 Å². The number of nitrogens with zero attached hydrogens (tertiary/aromatic N) is 2. The first-order valence-corrected chi connectivity index (χ1v) is 7.05. The monoisotopic (exact) mass is 295 g/mol. The maximum absolute atomic E-state index is 12.3. The Balaban J connectivity index is 2.08. The summed E-state index contributed by atoms with van der Waals surface area (Å²) in [6.07, 6.45) is 3.64. The van der Waals surface area contributed by atoms with Gasteiger partial charge in [0, 0.05) is 12.4 Å². The number of ether oxygens (including phenoxy) is 1. The molecule has 5 nitrogen and oxygen atoms in total. The lowest BCUT2D eigenvalue weighted by Gasteiger charge is -2.13. The molecule has 0 saturated carbocycles. The zero-order chi connectivity index (χ0) is 15.8. The number of rotatable bonds is 6. The molecule has 1 N–H and O–H groups in total. The van der Waals surface area contributed by atoms with E-state index in [0.717, 1.165) is 5.56 Å². The van der Waals surface area contributed by atoms with E-state index >= 15 is 0 Å². The van der Waals surface area contributed by atoms with Crippen LogP contribution in [0.25, 0.3) is 0 Å². The molecule has 2 rings (SSSR count). The van der Waals surface area contributed by atoms with Gasteiger partial charge in [-0.25, -0.2) is 0 Å². The highest BCUT2D eigenvalue weighted by Crippen LogP contribution is 2.24. The SMILES string of the molecule is CCOc1ccccc1NC(=O)[C@@H](C#N)Cc1ccncc1. The van der Waals surface area contributed by atoms with Gasteiger partial charge in [0.15, 0.2) is 0 Å². The highest BCUT2D eigenvalue weighted by molar-refractivity contribution is 5.95. The smallest absolute Gasteiger partial charge is 0.242 e. The van der Waals surface area contributed by atoms with Crippen molar-refractivity contribution in [2.24, 2.45) is 5.92 Å². The first-order chi connectivity index (χ1) is 10.7. The molecule has 0 unspecified atom stereocenters. The largest absolute Gasteiger partial charge is 0.492 e. The molecule has 1 heterocycles. The van der Waals surface area contributed by atoms with E-state index in [0.29, 0.717) is 24.5 Å². The van der Waals surface area contributed by atoms with Gasteiger partial charge in [-0.3, -0.25) is 9.78 Å². The molecular formula is C17H17N3O2. The second-order valence-electron chi connectivity index (χ2n) is 4.66.